The second-order valence-corrected chi connectivity index (χ2v) is 6.02. The van der Waals surface area contributed by atoms with Gasteiger partial charge in [-0.3, -0.25) is 4.90 Å². The van der Waals surface area contributed by atoms with E-state index in [0.29, 0.717) is 11.6 Å². The summed E-state index contributed by atoms with van der Waals surface area (Å²) in [6, 6.07) is 4.99. The summed E-state index contributed by atoms with van der Waals surface area (Å²) >= 11 is 1.87. The molecule has 2 nitrogen and oxygen atoms in total. The molecule has 0 aromatic carbocycles. The number of nitrogens with one attached hydrogen (secondary N) is 1. The van der Waals surface area contributed by atoms with Crippen LogP contribution in [0.4, 0.5) is 0 Å². The summed E-state index contributed by atoms with van der Waals surface area (Å²) in [5.74, 6) is 0. The van der Waals surface area contributed by atoms with E-state index in [9.17, 15) is 0 Å². The molecule has 1 atom stereocenters. The summed E-state index contributed by atoms with van der Waals surface area (Å²) in [6.07, 6.45) is 2.50. The van der Waals surface area contributed by atoms with Crippen LogP contribution in [-0.2, 0) is 0 Å². The molecule has 1 fully saturated rings. The predicted molar refractivity (Wildman–Crippen MR) is 71.0 cm³/mol. The minimum Gasteiger partial charge on any atom is -0.314 e. The lowest BCUT2D eigenvalue weighted by Crippen LogP contribution is -2.50. The van der Waals surface area contributed by atoms with Crippen LogP contribution >= 0.6 is 11.3 Å². The average molecular weight is 238 g/mol. The van der Waals surface area contributed by atoms with E-state index in [1.807, 2.05) is 11.3 Å². The first kappa shape index (κ1) is 12.1. The Labute approximate surface area is 103 Å². The Morgan fingerprint density at radius 2 is 2.12 bits per heavy atom. The summed E-state index contributed by atoms with van der Waals surface area (Å²) in [6.45, 7) is 7.07. The fraction of sp³-hybridized carbons (Fsp3) is 0.692. The van der Waals surface area contributed by atoms with Crippen molar-refractivity contribution in [3.8, 4) is 0 Å². The number of thiophene rings is 1. The van der Waals surface area contributed by atoms with Crippen LogP contribution in [-0.4, -0.2) is 30.6 Å². The Kier molecular flexibility index (Phi) is 3.67. The third-order valence-electron chi connectivity index (χ3n) is 4.01. The Hall–Kier alpha value is -0.380. The van der Waals surface area contributed by atoms with Gasteiger partial charge in [-0.15, -0.1) is 11.3 Å². The molecule has 0 saturated carbocycles. The standard InChI is InChI=1S/C13H22N2S/c1-11(12-5-4-10-16-12)15-8-6-13(2,14-3)7-9-15/h4-5,10-11,14H,6-9H2,1-3H3. The predicted octanol–water partition coefficient (Wildman–Crippen LogP) is 2.88. The molecule has 2 heterocycles. The summed E-state index contributed by atoms with van der Waals surface area (Å²) in [5, 5.41) is 5.62. The van der Waals surface area contributed by atoms with Crippen LogP contribution in [0.15, 0.2) is 17.5 Å². The van der Waals surface area contributed by atoms with Gasteiger partial charge in [0.2, 0.25) is 0 Å². The molecule has 0 bridgehead atoms. The maximum Gasteiger partial charge on any atom is 0.0413 e. The van der Waals surface area contributed by atoms with Crippen molar-refractivity contribution in [2.24, 2.45) is 0 Å². The molecular weight excluding hydrogens is 216 g/mol. The van der Waals surface area contributed by atoms with E-state index in [-0.39, 0.29) is 0 Å². The average Bonchev–Trinajstić information content (AvgIpc) is 2.83. The number of piperidine rings is 1. The molecule has 1 aromatic heterocycles. The monoisotopic (exact) mass is 238 g/mol. The lowest BCUT2D eigenvalue weighted by Gasteiger charge is -2.41. The van der Waals surface area contributed by atoms with Crippen molar-refractivity contribution in [3.63, 3.8) is 0 Å². The number of nitrogens with zero attached hydrogens (tertiary/aromatic N) is 1. The third kappa shape index (κ3) is 2.47. The van der Waals surface area contributed by atoms with Gasteiger partial charge in [0.15, 0.2) is 0 Å². The summed E-state index contributed by atoms with van der Waals surface area (Å²) in [7, 11) is 2.08. The lowest BCUT2D eigenvalue weighted by atomic mass is 9.89. The van der Waals surface area contributed by atoms with Gasteiger partial charge in [-0.05, 0) is 45.2 Å². The number of likely N-dealkylation sites (tertiary alicyclic amines) is 1. The highest BCUT2D eigenvalue weighted by Gasteiger charge is 2.30. The summed E-state index contributed by atoms with van der Waals surface area (Å²) < 4.78 is 0. The zero-order chi connectivity index (χ0) is 11.6. The molecule has 0 amide bonds. The van der Waals surface area contributed by atoms with E-state index in [1.165, 1.54) is 30.8 Å². The molecule has 1 aromatic rings. The maximum absolute atomic E-state index is 3.45. The van der Waals surface area contributed by atoms with Gasteiger partial charge in [-0.2, -0.15) is 0 Å². The van der Waals surface area contributed by atoms with E-state index in [0.717, 1.165) is 0 Å². The van der Waals surface area contributed by atoms with Crippen molar-refractivity contribution >= 4 is 11.3 Å². The molecule has 1 N–H and O–H groups in total. The third-order valence-corrected chi connectivity index (χ3v) is 5.05. The van der Waals surface area contributed by atoms with Gasteiger partial charge in [0, 0.05) is 29.5 Å². The Morgan fingerprint density at radius 1 is 1.44 bits per heavy atom. The van der Waals surface area contributed by atoms with Gasteiger partial charge < -0.3 is 5.32 Å². The van der Waals surface area contributed by atoms with E-state index in [2.05, 4.69) is 48.6 Å². The normalized spacial score (nSPS) is 23.2. The number of rotatable bonds is 3. The van der Waals surface area contributed by atoms with Crippen LogP contribution in [0, 0.1) is 0 Å². The van der Waals surface area contributed by atoms with Gasteiger partial charge in [0.05, 0.1) is 0 Å². The van der Waals surface area contributed by atoms with Crippen LogP contribution in [0.3, 0.4) is 0 Å². The summed E-state index contributed by atoms with van der Waals surface area (Å²) in [5.41, 5.74) is 0.353. The molecule has 1 aliphatic rings. The molecule has 3 heteroatoms. The Morgan fingerprint density at radius 3 is 2.62 bits per heavy atom. The first-order valence-electron chi connectivity index (χ1n) is 6.11. The summed E-state index contributed by atoms with van der Waals surface area (Å²) in [4.78, 5) is 4.10. The molecule has 1 unspecified atom stereocenters. The maximum atomic E-state index is 3.45. The molecule has 16 heavy (non-hydrogen) atoms. The Balaban J connectivity index is 1.94. The van der Waals surface area contributed by atoms with Crippen LogP contribution in [0.1, 0.15) is 37.6 Å². The first-order chi connectivity index (χ1) is 7.64. The zero-order valence-corrected chi connectivity index (χ0v) is 11.3. The van der Waals surface area contributed by atoms with Crippen molar-refractivity contribution in [3.05, 3.63) is 22.4 Å². The minimum atomic E-state index is 0.353. The van der Waals surface area contributed by atoms with Crippen molar-refractivity contribution in [1.82, 2.24) is 10.2 Å². The van der Waals surface area contributed by atoms with E-state index >= 15 is 0 Å². The molecule has 0 spiro atoms. The molecular formula is C13H22N2S. The highest BCUT2D eigenvalue weighted by molar-refractivity contribution is 7.10. The van der Waals surface area contributed by atoms with Crippen molar-refractivity contribution in [2.75, 3.05) is 20.1 Å². The Bertz CT molecular complexity index is 313. The van der Waals surface area contributed by atoms with E-state index in [4.69, 9.17) is 0 Å². The fourth-order valence-corrected chi connectivity index (χ4v) is 3.18. The van der Waals surface area contributed by atoms with Crippen LogP contribution in [0.5, 0.6) is 0 Å². The van der Waals surface area contributed by atoms with Crippen LogP contribution < -0.4 is 5.32 Å². The quantitative estimate of drug-likeness (QED) is 0.871. The molecule has 0 aliphatic carbocycles. The highest BCUT2D eigenvalue weighted by atomic mass is 32.1. The van der Waals surface area contributed by atoms with E-state index < -0.39 is 0 Å². The second kappa shape index (κ2) is 4.86. The molecule has 90 valence electrons. The topological polar surface area (TPSA) is 15.3 Å². The molecule has 0 radical (unpaired) electrons. The molecule has 1 aliphatic heterocycles. The van der Waals surface area contributed by atoms with Gasteiger partial charge in [-0.1, -0.05) is 6.07 Å². The van der Waals surface area contributed by atoms with Gasteiger partial charge in [0.25, 0.3) is 0 Å². The van der Waals surface area contributed by atoms with E-state index in [1.54, 1.807) is 0 Å². The highest BCUT2D eigenvalue weighted by Crippen LogP contribution is 2.30. The van der Waals surface area contributed by atoms with Gasteiger partial charge >= 0.3 is 0 Å². The van der Waals surface area contributed by atoms with Crippen molar-refractivity contribution in [1.29, 1.82) is 0 Å². The smallest absolute Gasteiger partial charge is 0.0413 e. The lowest BCUT2D eigenvalue weighted by molar-refractivity contribution is 0.119. The number of hydrogen-bond donors (Lipinski definition) is 1. The van der Waals surface area contributed by atoms with Crippen molar-refractivity contribution in [2.45, 2.75) is 38.3 Å². The number of hydrogen-bond acceptors (Lipinski definition) is 3. The molecule has 2 rings (SSSR count). The first-order valence-corrected chi connectivity index (χ1v) is 6.99. The minimum absolute atomic E-state index is 0.353. The van der Waals surface area contributed by atoms with Crippen molar-refractivity contribution < 1.29 is 0 Å². The van der Waals surface area contributed by atoms with Crippen LogP contribution in [0.2, 0.25) is 0 Å². The fourth-order valence-electron chi connectivity index (χ4n) is 2.36. The zero-order valence-electron chi connectivity index (χ0n) is 10.5. The largest absolute Gasteiger partial charge is 0.314 e. The van der Waals surface area contributed by atoms with Crippen LogP contribution in [0.25, 0.3) is 0 Å². The van der Waals surface area contributed by atoms with Gasteiger partial charge in [0.1, 0.15) is 0 Å². The van der Waals surface area contributed by atoms with Gasteiger partial charge in [-0.25, -0.2) is 0 Å². The molecule has 1 saturated heterocycles. The second-order valence-electron chi connectivity index (χ2n) is 5.04. The SMILES string of the molecule is CNC1(C)CCN(C(C)c2cccs2)CC1.